The van der Waals surface area contributed by atoms with Gasteiger partial charge in [-0.15, -0.1) is 12.4 Å². The zero-order valence-corrected chi connectivity index (χ0v) is 16.3. The van der Waals surface area contributed by atoms with Crippen molar-refractivity contribution in [1.29, 1.82) is 0 Å². The van der Waals surface area contributed by atoms with Crippen molar-refractivity contribution < 1.29 is 0 Å². The van der Waals surface area contributed by atoms with Crippen molar-refractivity contribution in [2.45, 2.75) is 70.3 Å². The van der Waals surface area contributed by atoms with Gasteiger partial charge in [0.25, 0.3) is 0 Å². The zero-order valence-electron chi connectivity index (χ0n) is 15.4. The summed E-state index contributed by atoms with van der Waals surface area (Å²) < 4.78 is 0. The van der Waals surface area contributed by atoms with Gasteiger partial charge in [0.2, 0.25) is 0 Å². The summed E-state index contributed by atoms with van der Waals surface area (Å²) in [7, 11) is 0. The van der Waals surface area contributed by atoms with Crippen LogP contribution in [0.4, 0.5) is 0 Å². The Kier molecular flexibility index (Phi) is 5.29. The number of nitrogens with zero attached hydrogens (tertiary/aromatic N) is 1. The van der Waals surface area contributed by atoms with Gasteiger partial charge in [0, 0.05) is 18.8 Å². The molecule has 2 unspecified atom stereocenters. The second-order valence-corrected chi connectivity index (χ2v) is 8.57. The summed E-state index contributed by atoms with van der Waals surface area (Å²) in [6, 6.07) is 0.658. The number of hydrogen-bond acceptors (Lipinski definition) is 2. The first-order valence-electron chi connectivity index (χ1n) is 10.5. The molecule has 2 nitrogen and oxygen atoms in total. The minimum atomic E-state index is 0. The molecule has 2 aliphatic carbocycles. The van der Waals surface area contributed by atoms with E-state index in [0.717, 1.165) is 18.4 Å². The molecule has 2 atom stereocenters. The average molecular weight is 361 g/mol. The lowest BCUT2D eigenvalue weighted by molar-refractivity contribution is 0.251. The third-order valence-corrected chi connectivity index (χ3v) is 7.34. The standard InChI is InChI=1S/C22H32N2.ClH/c1-3-7-16(8-4-1)18-11-10-17-9-5-2-6-14-24-20-15-23-13-12-19(20)21(18)22(17)24;/h2,6,16,18,20,23H,1,3-5,7-15H2;1H/b6-2-;. The normalized spacial score (nSPS) is 34.0. The molecule has 0 amide bonds. The summed E-state index contributed by atoms with van der Waals surface area (Å²) in [6.07, 6.45) is 18.9. The van der Waals surface area contributed by atoms with E-state index >= 15 is 0 Å². The fourth-order valence-corrected chi connectivity index (χ4v) is 6.26. The van der Waals surface area contributed by atoms with Gasteiger partial charge < -0.3 is 10.2 Å². The Morgan fingerprint density at radius 1 is 0.960 bits per heavy atom. The van der Waals surface area contributed by atoms with E-state index in [4.69, 9.17) is 0 Å². The molecule has 3 heteroatoms. The van der Waals surface area contributed by atoms with Gasteiger partial charge in [-0.25, -0.2) is 0 Å². The van der Waals surface area contributed by atoms with Crippen molar-refractivity contribution in [1.82, 2.24) is 10.2 Å². The molecule has 1 saturated heterocycles. The largest absolute Gasteiger partial charge is 0.360 e. The molecule has 0 bridgehead atoms. The number of hydrogen-bond donors (Lipinski definition) is 1. The molecule has 0 spiro atoms. The molecule has 1 saturated carbocycles. The minimum absolute atomic E-state index is 0. The van der Waals surface area contributed by atoms with Gasteiger partial charge in [-0.1, -0.05) is 31.4 Å². The van der Waals surface area contributed by atoms with E-state index in [-0.39, 0.29) is 12.4 Å². The van der Waals surface area contributed by atoms with Gasteiger partial charge in [-0.05, 0) is 80.0 Å². The molecular formula is C22H33ClN2. The van der Waals surface area contributed by atoms with E-state index < -0.39 is 0 Å². The minimum Gasteiger partial charge on any atom is -0.360 e. The lowest BCUT2D eigenvalue weighted by Gasteiger charge is -2.39. The number of allylic oxidation sites excluding steroid dienone is 3. The Bertz CT molecular complexity index is 597. The van der Waals surface area contributed by atoms with E-state index in [1.54, 1.807) is 11.3 Å². The number of halogens is 1. The first-order chi connectivity index (χ1) is 11.9. The summed E-state index contributed by atoms with van der Waals surface area (Å²) in [5.74, 6) is 1.86. The Morgan fingerprint density at radius 3 is 2.72 bits per heavy atom. The lowest BCUT2D eigenvalue weighted by atomic mass is 9.69. The lowest BCUT2D eigenvalue weighted by Crippen LogP contribution is -2.43. The summed E-state index contributed by atoms with van der Waals surface area (Å²) in [5.41, 5.74) is 7.24. The van der Waals surface area contributed by atoms with Crippen LogP contribution in [-0.2, 0) is 0 Å². The molecule has 0 radical (unpaired) electrons. The van der Waals surface area contributed by atoms with Crippen LogP contribution >= 0.6 is 12.4 Å². The van der Waals surface area contributed by atoms with Crippen molar-refractivity contribution in [3.8, 4) is 0 Å². The maximum atomic E-state index is 3.68. The highest BCUT2D eigenvalue weighted by Crippen LogP contribution is 2.52. The fourth-order valence-electron chi connectivity index (χ4n) is 6.26. The van der Waals surface area contributed by atoms with Crippen molar-refractivity contribution in [3.63, 3.8) is 0 Å². The van der Waals surface area contributed by atoms with Crippen LogP contribution in [0.2, 0.25) is 0 Å². The molecular weight excluding hydrogens is 328 g/mol. The van der Waals surface area contributed by atoms with E-state index in [1.165, 1.54) is 77.3 Å². The maximum Gasteiger partial charge on any atom is 0.0637 e. The van der Waals surface area contributed by atoms with Crippen LogP contribution in [0.25, 0.3) is 0 Å². The van der Waals surface area contributed by atoms with Crippen molar-refractivity contribution in [2.24, 2.45) is 11.8 Å². The van der Waals surface area contributed by atoms with Gasteiger partial charge >= 0.3 is 0 Å². The monoisotopic (exact) mass is 360 g/mol. The van der Waals surface area contributed by atoms with Gasteiger partial charge in [-0.2, -0.15) is 0 Å². The Labute approximate surface area is 159 Å². The van der Waals surface area contributed by atoms with Crippen LogP contribution < -0.4 is 5.32 Å². The Balaban J connectivity index is 0.00000157. The molecule has 0 aromatic rings. The summed E-state index contributed by atoms with van der Waals surface area (Å²) in [4.78, 5) is 2.79. The zero-order chi connectivity index (χ0) is 15.9. The molecule has 5 aliphatic rings. The number of rotatable bonds is 1. The van der Waals surface area contributed by atoms with Crippen LogP contribution in [0.15, 0.2) is 34.6 Å². The van der Waals surface area contributed by atoms with E-state index in [0.29, 0.717) is 6.04 Å². The number of nitrogens with one attached hydrogen (secondary N) is 1. The maximum absolute atomic E-state index is 3.68. The van der Waals surface area contributed by atoms with E-state index in [2.05, 4.69) is 22.4 Å². The average Bonchev–Trinajstić information content (AvgIpc) is 2.95. The summed E-state index contributed by atoms with van der Waals surface area (Å²) in [6.45, 7) is 3.50. The topological polar surface area (TPSA) is 15.3 Å². The van der Waals surface area contributed by atoms with Crippen LogP contribution in [0, 0.1) is 11.8 Å². The van der Waals surface area contributed by atoms with Gasteiger partial charge in [-0.3, -0.25) is 0 Å². The Hall–Kier alpha value is -0.730. The first-order valence-corrected chi connectivity index (χ1v) is 10.5. The van der Waals surface area contributed by atoms with Crippen LogP contribution in [0.1, 0.15) is 64.2 Å². The van der Waals surface area contributed by atoms with Crippen LogP contribution in [0.3, 0.4) is 0 Å². The molecule has 0 aromatic carbocycles. The van der Waals surface area contributed by atoms with Crippen molar-refractivity contribution in [2.75, 3.05) is 19.6 Å². The van der Waals surface area contributed by atoms with Crippen LogP contribution in [0.5, 0.6) is 0 Å². The highest BCUT2D eigenvalue weighted by molar-refractivity contribution is 5.85. The smallest absolute Gasteiger partial charge is 0.0637 e. The number of piperidine rings is 1. The second kappa shape index (κ2) is 7.48. The van der Waals surface area contributed by atoms with Gasteiger partial charge in [0.1, 0.15) is 0 Å². The molecule has 5 rings (SSSR count). The highest BCUT2D eigenvalue weighted by Gasteiger charge is 2.44. The van der Waals surface area contributed by atoms with Crippen molar-refractivity contribution in [3.05, 3.63) is 34.6 Å². The molecule has 3 aliphatic heterocycles. The van der Waals surface area contributed by atoms with Crippen LogP contribution in [-0.4, -0.2) is 30.6 Å². The quantitative estimate of drug-likeness (QED) is 0.663. The van der Waals surface area contributed by atoms with E-state index in [1.807, 2.05) is 11.1 Å². The molecule has 0 aromatic heterocycles. The molecule has 1 N–H and O–H groups in total. The SMILES string of the molecule is C1=C\CN2C3=C(CC/1)CCC(C1CCCCC1)C3=C1CCNCC12.Cl. The third-order valence-electron chi connectivity index (χ3n) is 7.34. The predicted molar refractivity (Wildman–Crippen MR) is 107 cm³/mol. The predicted octanol–water partition coefficient (Wildman–Crippen LogP) is 4.98. The molecule has 3 heterocycles. The fraction of sp³-hybridized carbons (Fsp3) is 0.727. The van der Waals surface area contributed by atoms with Gasteiger partial charge in [0.05, 0.1) is 6.04 Å². The van der Waals surface area contributed by atoms with Crippen molar-refractivity contribution >= 4 is 12.4 Å². The number of fused-ring (bicyclic) bond motifs is 2. The van der Waals surface area contributed by atoms with E-state index in [9.17, 15) is 0 Å². The third kappa shape index (κ3) is 3.00. The summed E-state index contributed by atoms with van der Waals surface area (Å²) in [5, 5.41) is 3.68. The summed E-state index contributed by atoms with van der Waals surface area (Å²) >= 11 is 0. The Morgan fingerprint density at radius 2 is 1.84 bits per heavy atom. The highest BCUT2D eigenvalue weighted by atomic mass is 35.5. The molecule has 138 valence electrons. The second-order valence-electron chi connectivity index (χ2n) is 8.57. The first kappa shape index (κ1) is 17.7. The molecule has 25 heavy (non-hydrogen) atoms. The molecule has 2 fully saturated rings. The van der Waals surface area contributed by atoms with Gasteiger partial charge in [0.15, 0.2) is 0 Å².